The number of esters is 2. The molecule has 0 bridgehead atoms. The number of benzene rings is 1. The summed E-state index contributed by atoms with van der Waals surface area (Å²) in [6.07, 6.45) is -0.0672. The van der Waals surface area contributed by atoms with Crippen LogP contribution in [0.1, 0.15) is 39.5 Å². The van der Waals surface area contributed by atoms with E-state index in [0.29, 0.717) is 14.0 Å². The molecular weight excluding hydrogens is 428 g/mol. The van der Waals surface area contributed by atoms with Crippen LogP contribution in [0.4, 0.5) is 0 Å². The molecule has 0 aromatic heterocycles. The van der Waals surface area contributed by atoms with Crippen LogP contribution in [-0.2, 0) is 19.2 Å². The van der Waals surface area contributed by atoms with Crippen LogP contribution in [0.25, 0.3) is 4.85 Å². The lowest BCUT2D eigenvalue weighted by atomic mass is 10.2. The zero-order chi connectivity index (χ0) is 22.3. The van der Waals surface area contributed by atoms with Gasteiger partial charge in [-0.05, 0) is 26.0 Å². The third-order valence-electron chi connectivity index (χ3n) is 3.65. The summed E-state index contributed by atoms with van der Waals surface area (Å²) in [7, 11) is 0. The summed E-state index contributed by atoms with van der Waals surface area (Å²) < 4.78 is 11.1. The average Bonchev–Trinajstić information content (AvgIpc) is 3.13. The van der Waals surface area contributed by atoms with Gasteiger partial charge in [0.1, 0.15) is 23.1 Å². The van der Waals surface area contributed by atoms with Crippen molar-refractivity contribution in [2.24, 2.45) is 0 Å². The number of hydrogen-bond donors (Lipinski definition) is 0. The lowest BCUT2D eigenvalue weighted by Gasteiger charge is -2.11. The predicted octanol–water partition coefficient (Wildman–Crippen LogP) is 4.05. The van der Waals surface area contributed by atoms with Crippen molar-refractivity contribution in [1.29, 1.82) is 5.26 Å². The van der Waals surface area contributed by atoms with Gasteiger partial charge in [0.25, 0.3) is 5.70 Å². The molecule has 1 aliphatic rings. The highest BCUT2D eigenvalue weighted by Crippen LogP contribution is 2.59. The fourth-order valence-corrected chi connectivity index (χ4v) is 4.67. The van der Waals surface area contributed by atoms with Crippen molar-refractivity contribution in [3.8, 4) is 17.6 Å². The number of rotatable bonds is 8. The maximum absolute atomic E-state index is 12.0. The van der Waals surface area contributed by atoms with E-state index in [9.17, 15) is 19.2 Å². The summed E-state index contributed by atoms with van der Waals surface area (Å²) in [5.41, 5.74) is -0.135. The molecule has 1 heterocycles. The zero-order valence-electron chi connectivity index (χ0n) is 16.1. The number of hydrogen-bond acceptors (Lipinski definition) is 9. The fraction of sp³-hybridized carbons (Fsp3) is 0.300. The van der Waals surface area contributed by atoms with Crippen LogP contribution < -0.4 is 9.47 Å². The van der Waals surface area contributed by atoms with Gasteiger partial charge < -0.3 is 19.1 Å². The molecule has 2 rings (SSSR count). The van der Waals surface area contributed by atoms with E-state index in [-0.39, 0.29) is 54.4 Å². The summed E-state index contributed by atoms with van der Waals surface area (Å²) in [6, 6.07) is 4.69. The molecule has 0 saturated heterocycles. The van der Waals surface area contributed by atoms with E-state index >= 15 is 0 Å². The van der Waals surface area contributed by atoms with Crippen LogP contribution in [0.2, 0.25) is 0 Å². The minimum atomic E-state index is -0.604. The van der Waals surface area contributed by atoms with Crippen molar-refractivity contribution in [3.05, 3.63) is 33.5 Å². The van der Waals surface area contributed by atoms with Gasteiger partial charge in [0, 0.05) is 12.8 Å². The van der Waals surface area contributed by atoms with E-state index in [4.69, 9.17) is 21.3 Å². The Hall–Kier alpha value is -3.08. The Labute approximate surface area is 181 Å². The normalized spacial score (nSPS) is 11.7. The van der Waals surface area contributed by atoms with Gasteiger partial charge in [-0.25, -0.2) is 10.1 Å². The Morgan fingerprint density at radius 2 is 1.37 bits per heavy atom. The molecular formula is C20H16N2O6S2. The van der Waals surface area contributed by atoms with Crippen molar-refractivity contribution in [2.75, 3.05) is 0 Å². The number of ether oxygens (including phenoxy) is 2. The van der Waals surface area contributed by atoms with Crippen molar-refractivity contribution in [1.82, 2.24) is 0 Å². The van der Waals surface area contributed by atoms with Gasteiger partial charge in [0.2, 0.25) is 0 Å². The predicted molar refractivity (Wildman–Crippen MR) is 108 cm³/mol. The molecule has 0 N–H and O–H groups in total. The van der Waals surface area contributed by atoms with Crippen LogP contribution >= 0.6 is 23.5 Å². The standard InChI is InChI=1S/C20H16N2O6S2/c1-11(23)4-8-16(25)27-14-6-7-15(28-17(26)9-5-12(2)24)19-18(14)29-20(30-19)13(10-21)22-3/h6-7H,4-5,8-9H2,1-2H3. The van der Waals surface area contributed by atoms with Crippen molar-refractivity contribution < 1.29 is 28.7 Å². The highest BCUT2D eigenvalue weighted by atomic mass is 32.2. The first-order valence-corrected chi connectivity index (χ1v) is 10.3. The van der Waals surface area contributed by atoms with Crippen LogP contribution in [0, 0.1) is 17.9 Å². The lowest BCUT2D eigenvalue weighted by molar-refractivity contribution is -0.136. The second kappa shape index (κ2) is 10.6. The summed E-state index contributed by atoms with van der Waals surface area (Å²) in [5.74, 6) is -1.14. The van der Waals surface area contributed by atoms with Gasteiger partial charge in [0.05, 0.1) is 39.5 Å². The van der Waals surface area contributed by atoms with E-state index < -0.39 is 11.9 Å². The van der Waals surface area contributed by atoms with E-state index in [1.54, 1.807) is 0 Å². The summed E-state index contributed by atoms with van der Waals surface area (Å²) in [6.45, 7) is 9.88. The van der Waals surface area contributed by atoms with Gasteiger partial charge in [-0.15, -0.1) is 0 Å². The monoisotopic (exact) mass is 444 g/mol. The molecule has 10 heteroatoms. The summed E-state index contributed by atoms with van der Waals surface area (Å²) in [5, 5.41) is 9.16. The Kier molecular flexibility index (Phi) is 8.22. The molecule has 0 atom stereocenters. The van der Waals surface area contributed by atoms with Gasteiger partial charge in [0.15, 0.2) is 0 Å². The minimum absolute atomic E-state index is 0.0518. The smallest absolute Gasteiger partial charge is 0.311 e. The van der Waals surface area contributed by atoms with E-state index in [1.165, 1.54) is 26.0 Å². The Balaban J connectivity index is 2.33. The SMILES string of the molecule is [C-]#[N+]C(C#N)=C1Sc2c(OC(=O)CCC(C)=O)ccc(OC(=O)CCC(C)=O)c2S1. The van der Waals surface area contributed by atoms with Crippen molar-refractivity contribution in [3.63, 3.8) is 0 Å². The molecule has 0 aliphatic carbocycles. The number of Topliss-reactive ketones (excluding diaryl/α,β-unsaturated/α-hetero) is 2. The van der Waals surface area contributed by atoms with Gasteiger partial charge in [-0.3, -0.25) is 9.59 Å². The number of nitrogens with zero attached hydrogens (tertiary/aromatic N) is 2. The highest BCUT2D eigenvalue weighted by molar-refractivity contribution is 8.24. The molecule has 0 amide bonds. The highest BCUT2D eigenvalue weighted by Gasteiger charge is 2.30. The first-order chi connectivity index (χ1) is 14.2. The van der Waals surface area contributed by atoms with E-state index in [0.717, 1.165) is 23.5 Å². The molecule has 0 radical (unpaired) electrons. The molecule has 1 aromatic rings. The van der Waals surface area contributed by atoms with Crippen LogP contribution in [0.5, 0.6) is 11.5 Å². The Bertz CT molecular complexity index is 954. The average molecular weight is 444 g/mol. The molecule has 0 spiro atoms. The number of carbonyl (C=O) groups excluding carboxylic acids is 4. The second-order valence-corrected chi connectivity index (χ2v) is 8.44. The van der Waals surface area contributed by atoms with Crippen LogP contribution in [0.15, 0.2) is 31.9 Å². The maximum atomic E-state index is 12.0. The molecule has 0 unspecified atom stereocenters. The molecule has 1 aliphatic heterocycles. The number of fused-ring (bicyclic) bond motifs is 1. The fourth-order valence-electron chi connectivity index (χ4n) is 2.20. The van der Waals surface area contributed by atoms with E-state index in [1.807, 2.05) is 6.07 Å². The Morgan fingerprint density at radius 3 is 1.70 bits per heavy atom. The van der Waals surface area contributed by atoms with Crippen LogP contribution in [-0.4, -0.2) is 23.5 Å². The van der Waals surface area contributed by atoms with Gasteiger partial charge in [-0.1, -0.05) is 23.5 Å². The number of nitriles is 1. The third-order valence-corrected chi connectivity index (χ3v) is 6.26. The molecule has 0 saturated carbocycles. The van der Waals surface area contributed by atoms with Crippen molar-refractivity contribution >= 4 is 47.0 Å². The summed E-state index contributed by atoms with van der Waals surface area (Å²) in [4.78, 5) is 50.2. The number of carbonyl (C=O) groups is 4. The number of ketones is 2. The van der Waals surface area contributed by atoms with Crippen molar-refractivity contribution in [2.45, 2.75) is 49.3 Å². The quantitative estimate of drug-likeness (QED) is 0.253. The number of allylic oxidation sites excluding steroid dienone is 1. The topological polar surface area (TPSA) is 115 Å². The second-order valence-electron chi connectivity index (χ2n) is 6.14. The molecule has 8 nitrogen and oxygen atoms in total. The largest absolute Gasteiger partial charge is 0.425 e. The maximum Gasteiger partial charge on any atom is 0.311 e. The molecule has 1 aromatic carbocycles. The zero-order valence-corrected chi connectivity index (χ0v) is 17.8. The Morgan fingerprint density at radius 1 is 0.933 bits per heavy atom. The molecule has 0 fully saturated rings. The lowest BCUT2D eigenvalue weighted by Crippen LogP contribution is -2.11. The van der Waals surface area contributed by atoms with E-state index in [2.05, 4.69) is 4.85 Å². The minimum Gasteiger partial charge on any atom is -0.425 e. The van der Waals surface area contributed by atoms with Gasteiger partial charge in [-0.2, -0.15) is 0 Å². The van der Waals surface area contributed by atoms with Crippen LogP contribution in [0.3, 0.4) is 0 Å². The first-order valence-electron chi connectivity index (χ1n) is 8.70. The molecule has 154 valence electrons. The van der Waals surface area contributed by atoms with Gasteiger partial charge >= 0.3 is 11.9 Å². The summed E-state index contributed by atoms with van der Waals surface area (Å²) >= 11 is 2.13. The first kappa shape index (κ1) is 23.2. The number of thioether (sulfide) groups is 2. The molecule has 30 heavy (non-hydrogen) atoms. The third kappa shape index (κ3) is 6.21.